The van der Waals surface area contributed by atoms with E-state index in [1.54, 1.807) is 0 Å². The van der Waals surface area contributed by atoms with Crippen LogP contribution < -0.4 is 5.32 Å². The molecule has 1 aliphatic carbocycles. The summed E-state index contributed by atoms with van der Waals surface area (Å²) in [6.07, 6.45) is 3.22. The van der Waals surface area contributed by atoms with Crippen LogP contribution >= 0.6 is 0 Å². The van der Waals surface area contributed by atoms with Gasteiger partial charge in [-0.15, -0.1) is 0 Å². The van der Waals surface area contributed by atoms with E-state index in [4.69, 9.17) is 0 Å². The predicted molar refractivity (Wildman–Crippen MR) is 75.0 cm³/mol. The summed E-state index contributed by atoms with van der Waals surface area (Å²) >= 11 is 0. The summed E-state index contributed by atoms with van der Waals surface area (Å²) in [7, 11) is 0. The van der Waals surface area contributed by atoms with Gasteiger partial charge in [0.25, 0.3) is 0 Å². The fraction of sp³-hybridized carbons (Fsp3) is 0.500. The molecule has 1 N–H and O–H groups in total. The van der Waals surface area contributed by atoms with Gasteiger partial charge < -0.3 is 5.32 Å². The van der Waals surface area contributed by atoms with Crippen molar-refractivity contribution in [3.05, 3.63) is 34.9 Å². The van der Waals surface area contributed by atoms with Crippen molar-refractivity contribution in [3.8, 4) is 0 Å². The topological polar surface area (TPSA) is 46.2 Å². The molecule has 1 aromatic carbocycles. The highest BCUT2D eigenvalue weighted by Gasteiger charge is 2.20. The highest BCUT2D eigenvalue weighted by molar-refractivity contribution is 5.81. The van der Waals surface area contributed by atoms with Crippen LogP contribution in [-0.4, -0.2) is 17.7 Å². The van der Waals surface area contributed by atoms with Crippen LogP contribution in [0.3, 0.4) is 0 Å². The zero-order chi connectivity index (χ0) is 13.8. The SMILES string of the molecule is Cc1ccc(C)c(CC(=O)NC2CCC(=O)CC2)c1. The van der Waals surface area contributed by atoms with Crippen LogP contribution in [0.15, 0.2) is 18.2 Å². The van der Waals surface area contributed by atoms with E-state index in [9.17, 15) is 9.59 Å². The molecule has 0 radical (unpaired) electrons. The van der Waals surface area contributed by atoms with Crippen LogP contribution in [0.4, 0.5) is 0 Å². The molecular formula is C16H21NO2. The van der Waals surface area contributed by atoms with Crippen molar-refractivity contribution in [2.75, 3.05) is 0 Å². The lowest BCUT2D eigenvalue weighted by atomic mass is 9.94. The monoisotopic (exact) mass is 259 g/mol. The molecule has 0 saturated heterocycles. The number of aryl methyl sites for hydroxylation is 2. The Bertz CT molecular complexity index is 484. The maximum Gasteiger partial charge on any atom is 0.224 e. The lowest BCUT2D eigenvalue weighted by Gasteiger charge is -2.22. The first-order chi connectivity index (χ1) is 9.04. The number of hydrogen-bond acceptors (Lipinski definition) is 2. The number of carbonyl (C=O) groups excluding carboxylic acids is 2. The minimum atomic E-state index is 0.0630. The first-order valence-electron chi connectivity index (χ1n) is 6.92. The largest absolute Gasteiger partial charge is 0.353 e. The highest BCUT2D eigenvalue weighted by Crippen LogP contribution is 2.16. The van der Waals surface area contributed by atoms with Crippen LogP contribution in [-0.2, 0) is 16.0 Å². The summed E-state index contributed by atoms with van der Waals surface area (Å²) in [6, 6.07) is 6.36. The number of Topliss-reactive ketones (excluding diaryl/α,β-unsaturated/α-hetero) is 1. The minimum Gasteiger partial charge on any atom is -0.353 e. The number of amides is 1. The molecule has 0 atom stereocenters. The maximum atomic E-state index is 12.0. The third kappa shape index (κ3) is 3.91. The van der Waals surface area contributed by atoms with Crippen LogP contribution in [0.1, 0.15) is 42.4 Å². The summed E-state index contributed by atoms with van der Waals surface area (Å²) < 4.78 is 0. The van der Waals surface area contributed by atoms with E-state index in [0.29, 0.717) is 25.0 Å². The van der Waals surface area contributed by atoms with Gasteiger partial charge in [0.2, 0.25) is 5.91 Å². The Labute approximate surface area is 114 Å². The van der Waals surface area contributed by atoms with Crippen LogP contribution in [0, 0.1) is 13.8 Å². The Kier molecular flexibility index (Phi) is 4.35. The number of carbonyl (C=O) groups is 2. The Morgan fingerprint density at radius 3 is 2.63 bits per heavy atom. The molecule has 3 heteroatoms. The Morgan fingerprint density at radius 2 is 1.95 bits per heavy atom. The summed E-state index contributed by atoms with van der Waals surface area (Å²) in [5, 5.41) is 3.04. The van der Waals surface area contributed by atoms with Gasteiger partial charge >= 0.3 is 0 Å². The molecule has 3 nitrogen and oxygen atoms in total. The number of hydrogen-bond donors (Lipinski definition) is 1. The number of nitrogens with one attached hydrogen (secondary N) is 1. The van der Waals surface area contributed by atoms with Crippen molar-refractivity contribution in [2.24, 2.45) is 0 Å². The van der Waals surface area contributed by atoms with E-state index in [1.165, 1.54) is 5.56 Å². The molecule has 1 aliphatic rings. The van der Waals surface area contributed by atoms with E-state index < -0.39 is 0 Å². The Balaban J connectivity index is 1.90. The quantitative estimate of drug-likeness (QED) is 0.906. The predicted octanol–water partition coefficient (Wildman–Crippen LogP) is 2.47. The van der Waals surface area contributed by atoms with E-state index in [1.807, 2.05) is 13.8 Å². The molecule has 0 aromatic heterocycles. The third-order valence-electron chi connectivity index (χ3n) is 3.76. The third-order valence-corrected chi connectivity index (χ3v) is 3.76. The Hall–Kier alpha value is -1.64. The first-order valence-corrected chi connectivity index (χ1v) is 6.92. The van der Waals surface area contributed by atoms with Crippen molar-refractivity contribution in [2.45, 2.75) is 52.0 Å². The molecule has 1 saturated carbocycles. The second-order valence-corrected chi connectivity index (χ2v) is 5.49. The fourth-order valence-electron chi connectivity index (χ4n) is 2.53. The van der Waals surface area contributed by atoms with Crippen molar-refractivity contribution in [3.63, 3.8) is 0 Å². The Morgan fingerprint density at radius 1 is 1.26 bits per heavy atom. The van der Waals surface area contributed by atoms with Gasteiger partial charge in [0.1, 0.15) is 5.78 Å². The van der Waals surface area contributed by atoms with Crippen molar-refractivity contribution in [1.82, 2.24) is 5.32 Å². The lowest BCUT2D eigenvalue weighted by molar-refractivity contribution is -0.124. The van der Waals surface area contributed by atoms with Gasteiger partial charge in [0.05, 0.1) is 6.42 Å². The molecule has 0 bridgehead atoms. The highest BCUT2D eigenvalue weighted by atomic mass is 16.1. The van der Waals surface area contributed by atoms with Gasteiger partial charge in [-0.1, -0.05) is 23.8 Å². The average molecular weight is 259 g/mol. The number of benzene rings is 1. The normalized spacial score (nSPS) is 16.4. The van der Waals surface area contributed by atoms with Gasteiger partial charge in [-0.2, -0.15) is 0 Å². The maximum absolute atomic E-state index is 12.0. The lowest BCUT2D eigenvalue weighted by Crippen LogP contribution is -2.38. The molecule has 2 rings (SSSR count). The van der Waals surface area contributed by atoms with E-state index >= 15 is 0 Å². The molecule has 1 amide bonds. The van der Waals surface area contributed by atoms with Crippen LogP contribution in [0.25, 0.3) is 0 Å². The zero-order valence-corrected chi connectivity index (χ0v) is 11.7. The first kappa shape index (κ1) is 13.8. The summed E-state index contributed by atoms with van der Waals surface area (Å²) in [5.41, 5.74) is 3.42. The van der Waals surface area contributed by atoms with E-state index in [-0.39, 0.29) is 11.9 Å². The number of rotatable bonds is 3. The van der Waals surface area contributed by atoms with Gasteiger partial charge in [-0.25, -0.2) is 0 Å². The second-order valence-electron chi connectivity index (χ2n) is 5.49. The van der Waals surface area contributed by atoms with Gasteiger partial charge in [-0.3, -0.25) is 9.59 Å². The van der Waals surface area contributed by atoms with Crippen LogP contribution in [0.5, 0.6) is 0 Å². The van der Waals surface area contributed by atoms with E-state index in [0.717, 1.165) is 24.0 Å². The zero-order valence-electron chi connectivity index (χ0n) is 11.7. The molecule has 19 heavy (non-hydrogen) atoms. The van der Waals surface area contributed by atoms with Crippen molar-refractivity contribution in [1.29, 1.82) is 0 Å². The summed E-state index contributed by atoms with van der Waals surface area (Å²) in [5.74, 6) is 0.382. The average Bonchev–Trinajstić information content (AvgIpc) is 2.37. The van der Waals surface area contributed by atoms with Gasteiger partial charge in [-0.05, 0) is 37.8 Å². The molecule has 0 spiro atoms. The summed E-state index contributed by atoms with van der Waals surface area (Å²) in [4.78, 5) is 23.2. The molecule has 102 valence electrons. The smallest absolute Gasteiger partial charge is 0.224 e. The van der Waals surface area contributed by atoms with E-state index in [2.05, 4.69) is 23.5 Å². The fourth-order valence-corrected chi connectivity index (χ4v) is 2.53. The molecule has 0 unspecified atom stereocenters. The van der Waals surface area contributed by atoms with Crippen molar-refractivity contribution >= 4 is 11.7 Å². The molecular weight excluding hydrogens is 238 g/mol. The summed E-state index contributed by atoms with van der Waals surface area (Å²) in [6.45, 7) is 4.06. The standard InChI is InChI=1S/C16H21NO2/c1-11-3-4-12(2)13(9-11)10-16(19)17-14-5-7-15(18)8-6-14/h3-4,9,14H,5-8,10H2,1-2H3,(H,17,19). The molecule has 0 aliphatic heterocycles. The number of ketones is 1. The molecule has 0 heterocycles. The molecule has 1 fully saturated rings. The minimum absolute atomic E-state index is 0.0630. The van der Waals surface area contributed by atoms with Gasteiger partial charge in [0, 0.05) is 18.9 Å². The molecule has 1 aromatic rings. The van der Waals surface area contributed by atoms with Crippen LogP contribution in [0.2, 0.25) is 0 Å². The van der Waals surface area contributed by atoms with Crippen molar-refractivity contribution < 1.29 is 9.59 Å². The second kappa shape index (κ2) is 6.00. The van der Waals surface area contributed by atoms with Gasteiger partial charge in [0.15, 0.2) is 0 Å².